The van der Waals surface area contributed by atoms with E-state index in [9.17, 15) is 4.39 Å². The van der Waals surface area contributed by atoms with Crippen LogP contribution in [0.15, 0.2) is 18.2 Å². The van der Waals surface area contributed by atoms with Gasteiger partial charge in [-0.3, -0.25) is 0 Å². The van der Waals surface area contributed by atoms with Crippen LogP contribution in [-0.4, -0.2) is 19.1 Å². The lowest BCUT2D eigenvalue weighted by Gasteiger charge is -2.34. The van der Waals surface area contributed by atoms with Gasteiger partial charge in [-0.2, -0.15) is 0 Å². The molecule has 0 amide bonds. The number of hydrogen-bond donors (Lipinski definition) is 1. The summed E-state index contributed by atoms with van der Waals surface area (Å²) < 4.78 is 14.2. The van der Waals surface area contributed by atoms with Crippen molar-refractivity contribution < 1.29 is 4.39 Å². The second kappa shape index (κ2) is 6.13. The second-order valence-corrected chi connectivity index (χ2v) is 6.30. The molecular weight excluding hydrogens is 251 g/mol. The molecule has 0 atom stereocenters. The number of rotatable bonds is 5. The third-order valence-electron chi connectivity index (χ3n) is 4.74. The van der Waals surface area contributed by atoms with E-state index in [1.54, 1.807) is 6.07 Å². The van der Waals surface area contributed by atoms with Crippen LogP contribution in [0.4, 0.5) is 10.1 Å². The summed E-state index contributed by atoms with van der Waals surface area (Å²) in [6.45, 7) is 0.656. The molecule has 2 aliphatic carbocycles. The lowest BCUT2D eigenvalue weighted by atomic mass is 9.93. The largest absolute Gasteiger partial charge is 0.371 e. The molecule has 2 fully saturated rings. The van der Waals surface area contributed by atoms with Crippen molar-refractivity contribution in [2.45, 2.75) is 63.6 Å². The molecule has 2 saturated carbocycles. The molecule has 20 heavy (non-hydrogen) atoms. The smallest absolute Gasteiger partial charge is 0.129 e. The zero-order valence-corrected chi connectivity index (χ0v) is 12.4. The van der Waals surface area contributed by atoms with Crippen molar-refractivity contribution in [3.05, 3.63) is 29.6 Å². The van der Waals surface area contributed by atoms with Crippen molar-refractivity contribution in [3.63, 3.8) is 0 Å². The average molecular weight is 276 g/mol. The van der Waals surface area contributed by atoms with Crippen LogP contribution in [0.1, 0.15) is 50.5 Å². The number of benzene rings is 1. The highest BCUT2D eigenvalue weighted by molar-refractivity contribution is 5.54. The molecule has 0 unspecified atom stereocenters. The van der Waals surface area contributed by atoms with Crippen molar-refractivity contribution in [2.24, 2.45) is 0 Å². The van der Waals surface area contributed by atoms with Crippen LogP contribution < -0.4 is 10.2 Å². The summed E-state index contributed by atoms with van der Waals surface area (Å²) in [6.07, 6.45) is 8.92. The molecule has 0 bridgehead atoms. The summed E-state index contributed by atoms with van der Waals surface area (Å²) in [6, 6.07) is 6.68. The molecule has 0 saturated heterocycles. The number of halogens is 1. The van der Waals surface area contributed by atoms with Crippen LogP contribution in [0.25, 0.3) is 0 Å². The van der Waals surface area contributed by atoms with E-state index in [1.807, 2.05) is 6.07 Å². The van der Waals surface area contributed by atoms with Gasteiger partial charge in [0.05, 0.1) is 0 Å². The van der Waals surface area contributed by atoms with Gasteiger partial charge in [0.15, 0.2) is 0 Å². The van der Waals surface area contributed by atoms with E-state index in [4.69, 9.17) is 0 Å². The Labute approximate surface area is 121 Å². The van der Waals surface area contributed by atoms with Crippen LogP contribution in [-0.2, 0) is 6.54 Å². The second-order valence-electron chi connectivity index (χ2n) is 6.30. The van der Waals surface area contributed by atoms with E-state index in [-0.39, 0.29) is 5.82 Å². The Morgan fingerprint density at radius 1 is 1.15 bits per heavy atom. The molecule has 1 aromatic rings. The molecule has 3 rings (SSSR count). The Morgan fingerprint density at radius 3 is 2.60 bits per heavy atom. The van der Waals surface area contributed by atoms with E-state index < -0.39 is 0 Å². The molecule has 1 aromatic carbocycles. The topological polar surface area (TPSA) is 15.3 Å². The maximum Gasteiger partial charge on any atom is 0.129 e. The van der Waals surface area contributed by atoms with E-state index in [1.165, 1.54) is 44.9 Å². The van der Waals surface area contributed by atoms with Crippen molar-refractivity contribution in [1.82, 2.24) is 5.32 Å². The molecule has 0 spiro atoms. The Bertz CT molecular complexity index is 450. The van der Waals surface area contributed by atoms with Crippen molar-refractivity contribution in [1.29, 1.82) is 0 Å². The zero-order valence-electron chi connectivity index (χ0n) is 12.4. The Balaban J connectivity index is 1.77. The normalized spacial score (nSPS) is 20.1. The van der Waals surface area contributed by atoms with Crippen LogP contribution in [0, 0.1) is 5.82 Å². The molecule has 0 heterocycles. The van der Waals surface area contributed by atoms with Gasteiger partial charge >= 0.3 is 0 Å². The molecular formula is C17H25FN2. The molecule has 2 nitrogen and oxygen atoms in total. The summed E-state index contributed by atoms with van der Waals surface area (Å²) in [5, 5.41) is 3.45. The minimum atomic E-state index is -0.0710. The van der Waals surface area contributed by atoms with Gasteiger partial charge in [0.2, 0.25) is 0 Å². The molecule has 0 aromatic heterocycles. The first-order valence-corrected chi connectivity index (χ1v) is 7.99. The third kappa shape index (κ3) is 3.14. The van der Waals surface area contributed by atoms with E-state index in [2.05, 4.69) is 23.3 Å². The first-order valence-electron chi connectivity index (χ1n) is 7.99. The maximum absolute atomic E-state index is 14.2. The lowest BCUT2D eigenvalue weighted by Crippen LogP contribution is -2.34. The highest BCUT2D eigenvalue weighted by atomic mass is 19.1. The first kappa shape index (κ1) is 13.9. The standard InChI is InChI=1S/C17H25FN2/c1-20(14-6-3-2-4-7-14)17-9-5-8-16(18)15(17)12-19-13-10-11-13/h5,8-9,13-14,19H,2-4,6-7,10-12H2,1H3. The van der Waals surface area contributed by atoms with Gasteiger partial charge in [-0.1, -0.05) is 25.3 Å². The van der Waals surface area contributed by atoms with Gasteiger partial charge in [0.25, 0.3) is 0 Å². The lowest BCUT2D eigenvalue weighted by molar-refractivity contribution is 0.426. The Kier molecular flexibility index (Phi) is 4.25. The molecule has 0 aliphatic heterocycles. The fourth-order valence-corrected chi connectivity index (χ4v) is 3.25. The molecule has 0 radical (unpaired) electrons. The van der Waals surface area contributed by atoms with Crippen molar-refractivity contribution >= 4 is 5.69 Å². The molecule has 3 heteroatoms. The van der Waals surface area contributed by atoms with E-state index in [0.717, 1.165) is 11.3 Å². The summed E-state index contributed by atoms with van der Waals surface area (Å²) >= 11 is 0. The highest BCUT2D eigenvalue weighted by Crippen LogP contribution is 2.30. The quantitative estimate of drug-likeness (QED) is 0.879. The van der Waals surface area contributed by atoms with Gasteiger partial charge < -0.3 is 10.2 Å². The van der Waals surface area contributed by atoms with Gasteiger partial charge in [-0.05, 0) is 37.8 Å². The summed E-state index contributed by atoms with van der Waals surface area (Å²) in [7, 11) is 2.13. The van der Waals surface area contributed by atoms with Crippen molar-refractivity contribution in [3.8, 4) is 0 Å². The maximum atomic E-state index is 14.2. The van der Waals surface area contributed by atoms with E-state index in [0.29, 0.717) is 18.6 Å². The summed E-state index contributed by atoms with van der Waals surface area (Å²) in [5.41, 5.74) is 1.91. The Hall–Kier alpha value is -1.09. The number of nitrogens with one attached hydrogen (secondary N) is 1. The summed E-state index contributed by atoms with van der Waals surface area (Å²) in [4.78, 5) is 2.31. The number of anilines is 1. The predicted octanol–water partition coefficient (Wildman–Crippen LogP) is 3.85. The average Bonchev–Trinajstić information content (AvgIpc) is 3.30. The fourth-order valence-electron chi connectivity index (χ4n) is 3.25. The molecule has 2 aliphatic rings. The van der Waals surface area contributed by atoms with Crippen LogP contribution in [0.3, 0.4) is 0 Å². The molecule has 110 valence electrons. The SMILES string of the molecule is CN(c1cccc(F)c1CNC1CC1)C1CCCCC1. The predicted molar refractivity (Wildman–Crippen MR) is 81.5 cm³/mol. The fraction of sp³-hybridized carbons (Fsp3) is 0.647. The first-order chi connectivity index (χ1) is 9.75. The van der Waals surface area contributed by atoms with Gasteiger partial charge in [0.1, 0.15) is 5.82 Å². The van der Waals surface area contributed by atoms with Gasteiger partial charge in [-0.25, -0.2) is 4.39 Å². The van der Waals surface area contributed by atoms with Crippen LogP contribution >= 0.6 is 0 Å². The van der Waals surface area contributed by atoms with Gasteiger partial charge in [-0.15, -0.1) is 0 Å². The highest BCUT2D eigenvalue weighted by Gasteiger charge is 2.24. The third-order valence-corrected chi connectivity index (χ3v) is 4.74. The van der Waals surface area contributed by atoms with Crippen LogP contribution in [0.2, 0.25) is 0 Å². The van der Waals surface area contributed by atoms with Crippen LogP contribution in [0.5, 0.6) is 0 Å². The minimum absolute atomic E-state index is 0.0710. The van der Waals surface area contributed by atoms with Gasteiger partial charge in [0, 0.05) is 36.9 Å². The number of nitrogens with zero attached hydrogens (tertiary/aromatic N) is 1. The monoisotopic (exact) mass is 276 g/mol. The number of hydrogen-bond acceptors (Lipinski definition) is 2. The zero-order chi connectivity index (χ0) is 13.9. The van der Waals surface area contributed by atoms with E-state index >= 15 is 0 Å². The Morgan fingerprint density at radius 2 is 1.90 bits per heavy atom. The summed E-state index contributed by atoms with van der Waals surface area (Å²) in [5.74, 6) is -0.0710. The minimum Gasteiger partial charge on any atom is -0.371 e. The molecule has 1 N–H and O–H groups in total. The van der Waals surface area contributed by atoms with Crippen molar-refractivity contribution in [2.75, 3.05) is 11.9 Å².